The zero-order valence-corrected chi connectivity index (χ0v) is 11.7. The first-order valence-electron chi connectivity index (χ1n) is 6.55. The molecule has 106 valence electrons. The van der Waals surface area contributed by atoms with Gasteiger partial charge in [0.2, 0.25) is 0 Å². The van der Waals surface area contributed by atoms with Crippen LogP contribution in [0.4, 0.5) is 5.82 Å². The third-order valence-electron chi connectivity index (χ3n) is 3.21. The first-order valence-corrected chi connectivity index (χ1v) is 6.55. The molecule has 1 aromatic heterocycles. The highest BCUT2D eigenvalue weighted by Gasteiger charge is 2.34. The maximum absolute atomic E-state index is 11.1. The lowest BCUT2D eigenvalue weighted by Crippen LogP contribution is -2.10. The molecule has 2 heterocycles. The number of rotatable bonds is 1. The molecule has 0 amide bonds. The summed E-state index contributed by atoms with van der Waals surface area (Å²) >= 11 is 0. The fourth-order valence-electron chi connectivity index (χ4n) is 2.17. The van der Waals surface area contributed by atoms with Gasteiger partial charge in [0.05, 0.1) is 6.54 Å². The number of hydrogen-bond donors (Lipinski definition) is 0. The Hall–Kier alpha value is -2.81. The van der Waals surface area contributed by atoms with Gasteiger partial charge in [0.15, 0.2) is 5.69 Å². The minimum absolute atomic E-state index is 0.0479. The largest absolute Gasteiger partial charge is 0.441 e. The number of benzene rings is 1. The molecule has 6 heteroatoms. The van der Waals surface area contributed by atoms with Gasteiger partial charge in [-0.05, 0) is 36.8 Å². The predicted octanol–water partition coefficient (Wildman–Crippen LogP) is 2.28. The van der Waals surface area contributed by atoms with E-state index >= 15 is 0 Å². The molecule has 0 saturated heterocycles. The van der Waals surface area contributed by atoms with Gasteiger partial charge in [0.25, 0.3) is 0 Å². The zero-order valence-electron chi connectivity index (χ0n) is 11.7. The summed E-state index contributed by atoms with van der Waals surface area (Å²) in [6, 6.07) is 7.93. The van der Waals surface area contributed by atoms with E-state index in [0.29, 0.717) is 12.2 Å². The van der Waals surface area contributed by atoms with Crippen LogP contribution < -0.4 is 4.74 Å². The average Bonchev–Trinajstić information content (AvgIpc) is 2.94. The Labute approximate surface area is 121 Å². The van der Waals surface area contributed by atoms with Gasteiger partial charge < -0.3 is 14.9 Å². The number of fused-ring (bicyclic) bond motifs is 1. The number of imidazole rings is 1. The summed E-state index contributed by atoms with van der Waals surface area (Å²) in [6.07, 6.45) is -0.0479. The van der Waals surface area contributed by atoms with E-state index in [1.807, 2.05) is 38.1 Å². The van der Waals surface area contributed by atoms with Crippen LogP contribution in [-0.2, 0) is 6.54 Å². The van der Waals surface area contributed by atoms with Gasteiger partial charge >= 0.3 is 11.8 Å². The number of aryl methyl sites for hydroxylation is 1. The number of hydrogen-bond acceptors (Lipinski definition) is 4. The Morgan fingerprint density at radius 1 is 1.38 bits per heavy atom. The summed E-state index contributed by atoms with van der Waals surface area (Å²) in [5.41, 5.74) is 2.23. The van der Waals surface area contributed by atoms with Crippen LogP contribution >= 0.6 is 0 Å². The summed E-state index contributed by atoms with van der Waals surface area (Å²) in [6.45, 7) is 4.40. The molecule has 1 atom stereocenters. The molecule has 3 rings (SSSR count). The topological polar surface area (TPSA) is 70.2 Å². The molecular weight excluding hydrogens is 270 g/mol. The van der Waals surface area contributed by atoms with Gasteiger partial charge in [-0.3, -0.25) is 4.57 Å². The van der Waals surface area contributed by atoms with Crippen molar-refractivity contribution in [2.45, 2.75) is 26.5 Å². The van der Waals surface area contributed by atoms with Crippen molar-refractivity contribution < 1.29 is 9.66 Å². The van der Waals surface area contributed by atoms with E-state index < -0.39 is 4.92 Å². The van der Waals surface area contributed by atoms with Crippen molar-refractivity contribution in [1.29, 1.82) is 0 Å². The molecule has 2 aromatic rings. The molecule has 1 aliphatic heterocycles. The lowest BCUT2D eigenvalue weighted by Gasteiger charge is -1.98. The van der Waals surface area contributed by atoms with E-state index in [9.17, 15) is 10.1 Å². The van der Waals surface area contributed by atoms with Gasteiger partial charge in [-0.2, -0.15) is 0 Å². The number of nitrogens with zero attached hydrogens (tertiary/aromatic N) is 3. The summed E-state index contributed by atoms with van der Waals surface area (Å²) in [7, 11) is 0. The molecule has 0 spiro atoms. The van der Waals surface area contributed by atoms with Gasteiger partial charge in [0, 0.05) is 10.5 Å². The quantitative estimate of drug-likeness (QED) is 0.457. The summed E-state index contributed by atoms with van der Waals surface area (Å²) in [5, 5.41) is 11.1. The molecule has 0 radical (unpaired) electrons. The van der Waals surface area contributed by atoms with E-state index in [-0.39, 0.29) is 17.9 Å². The standard InChI is InChI=1S/C15H13N3O3/c1-10-3-5-12(6-4-10)7-8-13-14(18(19)20)16-15-17(13)9-11(2)21-15/h3-6,11H,9H2,1-2H3. The second kappa shape index (κ2) is 4.94. The molecule has 0 aliphatic carbocycles. The van der Waals surface area contributed by atoms with Crippen LogP contribution in [0.5, 0.6) is 6.01 Å². The molecule has 1 aromatic carbocycles. The minimum atomic E-state index is -0.529. The fourth-order valence-corrected chi connectivity index (χ4v) is 2.17. The second-order valence-electron chi connectivity index (χ2n) is 4.98. The van der Waals surface area contributed by atoms with E-state index in [4.69, 9.17) is 4.74 Å². The van der Waals surface area contributed by atoms with Crippen LogP contribution in [0.1, 0.15) is 23.7 Å². The van der Waals surface area contributed by atoms with Crippen molar-refractivity contribution in [3.05, 3.63) is 51.2 Å². The van der Waals surface area contributed by atoms with Crippen molar-refractivity contribution in [3.63, 3.8) is 0 Å². The number of aromatic nitrogens is 2. The molecule has 1 aliphatic rings. The Bertz CT molecular complexity index is 766. The van der Waals surface area contributed by atoms with E-state index in [0.717, 1.165) is 11.1 Å². The fraction of sp³-hybridized carbons (Fsp3) is 0.267. The van der Waals surface area contributed by atoms with E-state index in [1.165, 1.54) is 0 Å². The third-order valence-corrected chi connectivity index (χ3v) is 3.21. The second-order valence-corrected chi connectivity index (χ2v) is 4.98. The van der Waals surface area contributed by atoms with Gasteiger partial charge in [-0.15, -0.1) is 0 Å². The van der Waals surface area contributed by atoms with Gasteiger partial charge in [0.1, 0.15) is 6.10 Å². The van der Waals surface area contributed by atoms with E-state index in [1.54, 1.807) is 4.57 Å². The Morgan fingerprint density at radius 3 is 2.76 bits per heavy atom. The first-order chi connectivity index (χ1) is 10.0. The molecular formula is C15H13N3O3. The highest BCUT2D eigenvalue weighted by atomic mass is 16.6. The average molecular weight is 283 g/mol. The van der Waals surface area contributed by atoms with Gasteiger partial charge in [-0.1, -0.05) is 23.6 Å². The molecule has 1 unspecified atom stereocenters. The monoisotopic (exact) mass is 283 g/mol. The maximum Gasteiger partial charge on any atom is 0.415 e. The molecule has 6 nitrogen and oxygen atoms in total. The van der Waals surface area contributed by atoms with Crippen LogP contribution in [0.2, 0.25) is 0 Å². The highest BCUT2D eigenvalue weighted by molar-refractivity contribution is 5.49. The molecule has 0 bridgehead atoms. The summed E-state index contributed by atoms with van der Waals surface area (Å²) < 4.78 is 7.08. The summed E-state index contributed by atoms with van der Waals surface area (Å²) in [5.74, 6) is 5.55. The minimum Gasteiger partial charge on any atom is -0.441 e. The molecule has 21 heavy (non-hydrogen) atoms. The van der Waals surface area contributed by atoms with Crippen LogP contribution in [0.25, 0.3) is 0 Å². The Morgan fingerprint density at radius 2 is 2.10 bits per heavy atom. The molecule has 0 fully saturated rings. The van der Waals surface area contributed by atoms with Crippen molar-refractivity contribution in [2.75, 3.05) is 0 Å². The maximum atomic E-state index is 11.1. The number of ether oxygens (including phenoxy) is 1. The lowest BCUT2D eigenvalue weighted by molar-refractivity contribution is -0.389. The van der Waals surface area contributed by atoms with Crippen molar-refractivity contribution >= 4 is 5.82 Å². The van der Waals surface area contributed by atoms with Crippen LogP contribution in [0.3, 0.4) is 0 Å². The van der Waals surface area contributed by atoms with Crippen molar-refractivity contribution in [3.8, 4) is 17.9 Å². The molecule has 0 saturated carbocycles. The van der Waals surface area contributed by atoms with E-state index in [2.05, 4.69) is 16.8 Å². The predicted molar refractivity (Wildman–Crippen MR) is 76.1 cm³/mol. The molecule has 0 N–H and O–H groups in total. The smallest absolute Gasteiger partial charge is 0.415 e. The SMILES string of the molecule is Cc1ccc(C#Cc2c([N+](=O)[O-])nc3n2CC(C)O3)cc1. The van der Waals surface area contributed by atoms with Crippen molar-refractivity contribution in [1.82, 2.24) is 9.55 Å². The van der Waals surface area contributed by atoms with Crippen LogP contribution in [0, 0.1) is 28.9 Å². The Kier molecular flexibility index (Phi) is 3.10. The number of nitro groups is 1. The van der Waals surface area contributed by atoms with Crippen LogP contribution in [0.15, 0.2) is 24.3 Å². The summed E-state index contributed by atoms with van der Waals surface area (Å²) in [4.78, 5) is 14.4. The van der Waals surface area contributed by atoms with Crippen molar-refractivity contribution in [2.24, 2.45) is 0 Å². The first kappa shape index (κ1) is 13.2. The lowest BCUT2D eigenvalue weighted by atomic mass is 10.1. The zero-order chi connectivity index (χ0) is 15.0. The third kappa shape index (κ3) is 2.46. The normalized spacial score (nSPS) is 15.8. The van der Waals surface area contributed by atoms with Gasteiger partial charge in [-0.25, -0.2) is 0 Å². The van der Waals surface area contributed by atoms with Crippen LogP contribution in [-0.4, -0.2) is 20.6 Å². The highest BCUT2D eigenvalue weighted by Crippen LogP contribution is 2.29. The Balaban J connectivity index is 2.02.